The molecule has 5 nitrogen and oxygen atoms in total. The highest BCUT2D eigenvalue weighted by molar-refractivity contribution is 14.0. The van der Waals surface area contributed by atoms with Gasteiger partial charge in [-0.05, 0) is 36.6 Å². The van der Waals surface area contributed by atoms with Crippen molar-refractivity contribution < 1.29 is 9.84 Å². The van der Waals surface area contributed by atoms with E-state index in [0.717, 1.165) is 43.4 Å². The highest BCUT2D eigenvalue weighted by Gasteiger charge is 2.31. The molecule has 1 fully saturated rings. The number of benzene rings is 1. The van der Waals surface area contributed by atoms with Crippen molar-refractivity contribution in [2.75, 3.05) is 39.6 Å². The lowest BCUT2D eigenvalue weighted by atomic mass is 9.99. The third-order valence-electron chi connectivity index (χ3n) is 4.87. The number of halogens is 1. The zero-order valence-corrected chi connectivity index (χ0v) is 19.7. The second-order valence-corrected chi connectivity index (χ2v) is 8.90. The summed E-state index contributed by atoms with van der Waals surface area (Å²) in [6, 6.07) is 10.3. The summed E-state index contributed by atoms with van der Waals surface area (Å²) in [6.45, 7) is 2.91. The molecule has 1 saturated heterocycles. The number of nitrogens with one attached hydrogen (secondary N) is 2. The van der Waals surface area contributed by atoms with Gasteiger partial charge in [0.15, 0.2) is 5.96 Å². The number of hydrogen-bond donors (Lipinski definition) is 3. The summed E-state index contributed by atoms with van der Waals surface area (Å²) in [5, 5.41) is 18.4. The number of fused-ring (bicyclic) bond motifs is 1. The Kier molecular flexibility index (Phi) is 9.13. The van der Waals surface area contributed by atoms with Gasteiger partial charge in [0.2, 0.25) is 0 Å². The standard InChI is InChI=1S/C19H27N3O2S2.HI/c1-20-18(22-13-19(25-2)7-9-24-10-8-19)21-12-15(23)17-11-14-5-3-4-6-16(14)26-17;/h3-6,11,15,23H,7-10,12-13H2,1-2H3,(H2,20,21,22);1H. The molecule has 0 amide bonds. The average molecular weight is 521 g/mol. The van der Waals surface area contributed by atoms with E-state index in [2.05, 4.69) is 40.1 Å². The Morgan fingerprint density at radius 3 is 2.74 bits per heavy atom. The van der Waals surface area contributed by atoms with E-state index in [0.29, 0.717) is 6.54 Å². The van der Waals surface area contributed by atoms with Gasteiger partial charge in [0, 0.05) is 47.7 Å². The highest BCUT2D eigenvalue weighted by atomic mass is 127. The van der Waals surface area contributed by atoms with Gasteiger partial charge in [-0.2, -0.15) is 11.8 Å². The maximum atomic E-state index is 10.5. The molecule has 2 heterocycles. The smallest absolute Gasteiger partial charge is 0.191 e. The van der Waals surface area contributed by atoms with Crippen LogP contribution in [0.3, 0.4) is 0 Å². The zero-order chi connectivity index (χ0) is 18.4. The van der Waals surface area contributed by atoms with Crippen LogP contribution in [0, 0.1) is 0 Å². The van der Waals surface area contributed by atoms with Gasteiger partial charge in [0.05, 0.1) is 0 Å². The van der Waals surface area contributed by atoms with Gasteiger partial charge in [-0.1, -0.05) is 18.2 Å². The van der Waals surface area contributed by atoms with Crippen LogP contribution in [0.15, 0.2) is 35.3 Å². The molecule has 1 aromatic carbocycles. The molecule has 3 rings (SSSR count). The van der Waals surface area contributed by atoms with Crippen molar-refractivity contribution in [1.82, 2.24) is 10.6 Å². The number of thiophene rings is 1. The summed E-state index contributed by atoms with van der Waals surface area (Å²) in [5.74, 6) is 0.727. The Balaban J connectivity index is 0.00000261. The van der Waals surface area contributed by atoms with Crippen LogP contribution in [0.5, 0.6) is 0 Å². The number of thioether (sulfide) groups is 1. The lowest BCUT2D eigenvalue weighted by Gasteiger charge is -2.36. The summed E-state index contributed by atoms with van der Waals surface area (Å²) < 4.78 is 6.89. The molecule has 27 heavy (non-hydrogen) atoms. The Labute approximate surface area is 186 Å². The lowest BCUT2D eigenvalue weighted by molar-refractivity contribution is 0.0782. The van der Waals surface area contributed by atoms with Gasteiger partial charge in [-0.25, -0.2) is 0 Å². The van der Waals surface area contributed by atoms with E-state index in [1.54, 1.807) is 18.4 Å². The SMILES string of the molecule is CN=C(NCC(O)c1cc2ccccc2s1)NCC1(SC)CCOCC1.I. The van der Waals surface area contributed by atoms with Gasteiger partial charge in [0.1, 0.15) is 6.10 Å². The molecule has 1 atom stereocenters. The predicted octanol–water partition coefficient (Wildman–Crippen LogP) is 3.63. The number of aliphatic hydroxyl groups is 1. The second kappa shape index (κ2) is 10.8. The van der Waals surface area contributed by atoms with Crippen LogP contribution in [0.1, 0.15) is 23.8 Å². The molecule has 1 aromatic heterocycles. The number of aliphatic hydroxyl groups excluding tert-OH is 1. The molecule has 150 valence electrons. The molecule has 1 unspecified atom stereocenters. The van der Waals surface area contributed by atoms with E-state index < -0.39 is 6.10 Å². The van der Waals surface area contributed by atoms with Crippen LogP contribution >= 0.6 is 47.1 Å². The van der Waals surface area contributed by atoms with E-state index in [1.165, 1.54) is 10.1 Å². The molecule has 0 spiro atoms. The fourth-order valence-corrected chi connectivity index (χ4v) is 4.96. The molecule has 1 aliphatic heterocycles. The summed E-state index contributed by atoms with van der Waals surface area (Å²) >= 11 is 3.53. The molecule has 0 saturated carbocycles. The van der Waals surface area contributed by atoms with Crippen LogP contribution in [0.2, 0.25) is 0 Å². The summed E-state index contributed by atoms with van der Waals surface area (Å²) in [7, 11) is 1.76. The van der Waals surface area contributed by atoms with Crippen molar-refractivity contribution in [2.45, 2.75) is 23.7 Å². The molecule has 2 aromatic rings. The Bertz CT molecular complexity index is 714. The van der Waals surface area contributed by atoms with E-state index in [-0.39, 0.29) is 28.7 Å². The maximum absolute atomic E-state index is 10.5. The highest BCUT2D eigenvalue weighted by Crippen LogP contribution is 2.33. The number of aliphatic imine (C=N–C) groups is 1. The minimum atomic E-state index is -0.552. The second-order valence-electron chi connectivity index (χ2n) is 6.51. The van der Waals surface area contributed by atoms with E-state index >= 15 is 0 Å². The van der Waals surface area contributed by atoms with Crippen molar-refractivity contribution in [3.8, 4) is 0 Å². The number of nitrogens with zero attached hydrogens (tertiary/aromatic N) is 1. The minimum absolute atomic E-state index is 0. The monoisotopic (exact) mass is 521 g/mol. The first-order chi connectivity index (χ1) is 12.7. The van der Waals surface area contributed by atoms with Crippen molar-refractivity contribution in [3.63, 3.8) is 0 Å². The molecule has 8 heteroatoms. The summed E-state index contributed by atoms with van der Waals surface area (Å²) in [6.07, 6.45) is 3.70. The fourth-order valence-electron chi connectivity index (χ4n) is 3.12. The molecular formula is C19H28IN3O2S2. The van der Waals surface area contributed by atoms with Crippen LogP contribution in [0.4, 0.5) is 0 Å². The third-order valence-corrected chi connectivity index (χ3v) is 7.51. The Morgan fingerprint density at radius 2 is 2.07 bits per heavy atom. The molecule has 0 bridgehead atoms. The van der Waals surface area contributed by atoms with Gasteiger partial charge in [-0.15, -0.1) is 35.3 Å². The van der Waals surface area contributed by atoms with Gasteiger partial charge in [0.25, 0.3) is 0 Å². The molecule has 0 aliphatic carbocycles. The third kappa shape index (κ3) is 5.96. The first-order valence-electron chi connectivity index (χ1n) is 8.90. The van der Waals surface area contributed by atoms with E-state index in [9.17, 15) is 5.11 Å². The Hall–Kier alpha value is -0.550. The zero-order valence-electron chi connectivity index (χ0n) is 15.7. The maximum Gasteiger partial charge on any atom is 0.191 e. The van der Waals surface area contributed by atoms with Crippen LogP contribution in [0.25, 0.3) is 10.1 Å². The number of ether oxygens (including phenoxy) is 1. The van der Waals surface area contributed by atoms with Crippen molar-refractivity contribution in [2.24, 2.45) is 4.99 Å². The topological polar surface area (TPSA) is 65.9 Å². The largest absolute Gasteiger partial charge is 0.386 e. The number of rotatable bonds is 6. The first kappa shape index (κ1) is 22.7. The normalized spacial score (nSPS) is 18.0. The number of hydrogen-bond acceptors (Lipinski definition) is 5. The molecule has 1 aliphatic rings. The first-order valence-corrected chi connectivity index (χ1v) is 10.9. The molecule has 0 radical (unpaired) electrons. The summed E-state index contributed by atoms with van der Waals surface area (Å²) in [5.41, 5.74) is 0. The minimum Gasteiger partial charge on any atom is -0.386 e. The molecule has 3 N–H and O–H groups in total. The van der Waals surface area contributed by atoms with E-state index in [4.69, 9.17) is 4.74 Å². The predicted molar refractivity (Wildman–Crippen MR) is 128 cm³/mol. The average Bonchev–Trinajstić information content (AvgIpc) is 3.13. The quantitative estimate of drug-likeness (QED) is 0.308. The van der Waals surface area contributed by atoms with Crippen molar-refractivity contribution in [3.05, 3.63) is 35.2 Å². The fraction of sp³-hybridized carbons (Fsp3) is 0.526. The van der Waals surface area contributed by atoms with Crippen LogP contribution < -0.4 is 10.6 Å². The van der Waals surface area contributed by atoms with Crippen LogP contribution in [-0.2, 0) is 4.74 Å². The van der Waals surface area contributed by atoms with E-state index in [1.807, 2.05) is 23.9 Å². The lowest BCUT2D eigenvalue weighted by Crippen LogP contribution is -2.48. The van der Waals surface area contributed by atoms with Crippen molar-refractivity contribution >= 4 is 63.1 Å². The summed E-state index contributed by atoms with van der Waals surface area (Å²) in [4.78, 5) is 5.26. The van der Waals surface area contributed by atoms with Crippen molar-refractivity contribution in [1.29, 1.82) is 0 Å². The Morgan fingerprint density at radius 1 is 1.33 bits per heavy atom. The number of guanidine groups is 1. The van der Waals surface area contributed by atoms with Gasteiger partial charge >= 0.3 is 0 Å². The van der Waals surface area contributed by atoms with Gasteiger partial charge < -0.3 is 20.5 Å². The van der Waals surface area contributed by atoms with Crippen LogP contribution in [-0.4, -0.2) is 55.4 Å². The molecular weight excluding hydrogens is 493 g/mol. The van der Waals surface area contributed by atoms with Gasteiger partial charge in [-0.3, -0.25) is 4.99 Å².